The lowest BCUT2D eigenvalue weighted by Crippen LogP contribution is -2.01. The van der Waals surface area contributed by atoms with Crippen LogP contribution in [0, 0.1) is 0 Å². The van der Waals surface area contributed by atoms with Gasteiger partial charge >= 0.3 is 0 Å². The van der Waals surface area contributed by atoms with Crippen LogP contribution in [0.2, 0.25) is 0 Å². The van der Waals surface area contributed by atoms with E-state index in [2.05, 4.69) is 121 Å². The molecule has 0 aliphatic carbocycles. The summed E-state index contributed by atoms with van der Waals surface area (Å²) in [6.07, 6.45) is 0. The maximum absolute atomic E-state index is 6.66. The first-order valence-electron chi connectivity index (χ1n) is 17.4. The van der Waals surface area contributed by atoms with Crippen molar-refractivity contribution in [1.29, 1.82) is 0 Å². The van der Waals surface area contributed by atoms with E-state index in [1.54, 1.807) is 0 Å². The minimum atomic E-state index is 0.580. The van der Waals surface area contributed by atoms with Crippen LogP contribution in [0.5, 0.6) is 0 Å². The Labute approximate surface area is 297 Å². The molecule has 0 fully saturated rings. The number of nitrogens with zero attached hydrogens (tertiary/aromatic N) is 3. The van der Waals surface area contributed by atoms with Crippen LogP contribution in [0.1, 0.15) is 0 Å². The van der Waals surface area contributed by atoms with Crippen molar-refractivity contribution >= 4 is 65.4 Å². The summed E-state index contributed by atoms with van der Waals surface area (Å²) < 4.78 is 13.0. The molecule has 5 heteroatoms. The Bertz CT molecular complexity index is 3190. The minimum absolute atomic E-state index is 0.580. The van der Waals surface area contributed by atoms with E-state index in [1.165, 1.54) is 0 Å². The van der Waals surface area contributed by atoms with Gasteiger partial charge < -0.3 is 8.83 Å². The monoisotopic (exact) mass is 665 g/mol. The summed E-state index contributed by atoms with van der Waals surface area (Å²) in [4.78, 5) is 15.8. The number of aromatic nitrogens is 3. The predicted molar refractivity (Wildman–Crippen MR) is 211 cm³/mol. The molecule has 11 rings (SSSR count). The molecule has 0 amide bonds. The number of fused-ring (bicyclic) bond motifs is 9. The van der Waals surface area contributed by atoms with Crippen molar-refractivity contribution in [2.24, 2.45) is 0 Å². The number of benzene rings is 8. The maximum Gasteiger partial charge on any atom is 0.164 e. The van der Waals surface area contributed by atoms with E-state index in [9.17, 15) is 0 Å². The fourth-order valence-corrected chi connectivity index (χ4v) is 7.73. The fourth-order valence-electron chi connectivity index (χ4n) is 7.73. The summed E-state index contributed by atoms with van der Waals surface area (Å²) in [7, 11) is 0. The van der Waals surface area contributed by atoms with Gasteiger partial charge in [-0.1, -0.05) is 133 Å². The molecule has 0 atom stereocenters. The van der Waals surface area contributed by atoms with Gasteiger partial charge in [-0.3, -0.25) is 0 Å². The van der Waals surface area contributed by atoms with Crippen LogP contribution in [0.25, 0.3) is 111 Å². The van der Waals surface area contributed by atoms with Crippen molar-refractivity contribution in [1.82, 2.24) is 15.0 Å². The smallest absolute Gasteiger partial charge is 0.164 e. The van der Waals surface area contributed by atoms with Gasteiger partial charge in [0.25, 0.3) is 0 Å². The number of hydrogen-bond donors (Lipinski definition) is 0. The van der Waals surface area contributed by atoms with Gasteiger partial charge in [-0.25, -0.2) is 15.0 Å². The normalized spacial score (nSPS) is 11.8. The summed E-state index contributed by atoms with van der Waals surface area (Å²) in [6, 6.07) is 56.2. The van der Waals surface area contributed by atoms with E-state index >= 15 is 0 Å². The highest BCUT2D eigenvalue weighted by Crippen LogP contribution is 2.43. The number of rotatable bonds is 4. The SMILES string of the molecule is c1ccc(-c2cccc3oc4c5ccccc5c(-c5nc(-c6ccc7ccccc7c6)nc(-c6cccc7oc8ccccc8c67)n5)cc4c23)cc1. The van der Waals surface area contributed by atoms with E-state index in [0.717, 1.165) is 93.2 Å². The van der Waals surface area contributed by atoms with Gasteiger partial charge in [0.05, 0.1) is 0 Å². The second kappa shape index (κ2) is 11.2. The average Bonchev–Trinajstić information content (AvgIpc) is 3.79. The van der Waals surface area contributed by atoms with Gasteiger partial charge in [0.2, 0.25) is 0 Å². The van der Waals surface area contributed by atoms with Crippen LogP contribution in [-0.2, 0) is 0 Å². The molecule has 0 bridgehead atoms. The summed E-state index contributed by atoms with van der Waals surface area (Å²) >= 11 is 0. The zero-order chi connectivity index (χ0) is 34.2. The predicted octanol–water partition coefficient (Wildman–Crippen LogP) is 12.6. The van der Waals surface area contributed by atoms with Crippen LogP contribution >= 0.6 is 0 Å². The molecule has 0 saturated carbocycles. The lowest BCUT2D eigenvalue weighted by atomic mass is 9.96. The van der Waals surface area contributed by atoms with Crippen molar-refractivity contribution in [2.75, 3.05) is 0 Å². The molecule has 0 spiro atoms. The first kappa shape index (κ1) is 28.7. The highest BCUT2D eigenvalue weighted by Gasteiger charge is 2.22. The van der Waals surface area contributed by atoms with Crippen LogP contribution in [0.3, 0.4) is 0 Å². The first-order chi connectivity index (χ1) is 25.8. The molecule has 3 aromatic heterocycles. The minimum Gasteiger partial charge on any atom is -0.456 e. The van der Waals surface area contributed by atoms with Crippen molar-refractivity contribution < 1.29 is 8.83 Å². The van der Waals surface area contributed by atoms with Crippen molar-refractivity contribution in [3.8, 4) is 45.3 Å². The molecule has 0 saturated heterocycles. The van der Waals surface area contributed by atoms with Gasteiger partial charge in [-0.15, -0.1) is 0 Å². The third kappa shape index (κ3) is 4.39. The molecule has 0 unspecified atom stereocenters. The summed E-state index contributed by atoms with van der Waals surface area (Å²) in [5.41, 5.74) is 8.25. The van der Waals surface area contributed by atoms with E-state index < -0.39 is 0 Å². The van der Waals surface area contributed by atoms with Crippen molar-refractivity contribution in [3.63, 3.8) is 0 Å². The van der Waals surface area contributed by atoms with Gasteiger partial charge in [0.15, 0.2) is 17.5 Å². The van der Waals surface area contributed by atoms with E-state index in [1.807, 2.05) is 42.5 Å². The summed E-state index contributed by atoms with van der Waals surface area (Å²) in [5, 5.41) is 8.37. The number of hydrogen-bond acceptors (Lipinski definition) is 5. The lowest BCUT2D eigenvalue weighted by Gasteiger charge is -2.12. The Morgan fingerprint density at radius 2 is 0.942 bits per heavy atom. The first-order valence-corrected chi connectivity index (χ1v) is 17.4. The Hall–Kier alpha value is -7.11. The largest absolute Gasteiger partial charge is 0.456 e. The Kier molecular flexibility index (Phi) is 6.18. The zero-order valence-electron chi connectivity index (χ0n) is 27.7. The lowest BCUT2D eigenvalue weighted by molar-refractivity contribution is 0.669. The second-order valence-electron chi connectivity index (χ2n) is 13.1. The van der Waals surface area contributed by atoms with Crippen LogP contribution in [0.4, 0.5) is 0 Å². The highest BCUT2D eigenvalue weighted by atomic mass is 16.3. The fraction of sp³-hybridized carbons (Fsp3) is 0. The second-order valence-corrected chi connectivity index (χ2v) is 13.1. The molecule has 242 valence electrons. The molecule has 3 heterocycles. The van der Waals surface area contributed by atoms with E-state index in [0.29, 0.717) is 17.5 Å². The van der Waals surface area contributed by atoms with Gasteiger partial charge in [-0.05, 0) is 57.6 Å². The number of para-hydroxylation sites is 1. The third-order valence-electron chi connectivity index (χ3n) is 10.1. The maximum atomic E-state index is 6.66. The molecule has 11 aromatic rings. The Balaban J connectivity index is 1.24. The van der Waals surface area contributed by atoms with E-state index in [-0.39, 0.29) is 0 Å². The molecule has 0 aliphatic heterocycles. The molecule has 0 aliphatic rings. The molecule has 5 nitrogen and oxygen atoms in total. The summed E-state index contributed by atoms with van der Waals surface area (Å²) in [6.45, 7) is 0. The average molecular weight is 666 g/mol. The van der Waals surface area contributed by atoms with Crippen LogP contribution in [0.15, 0.2) is 173 Å². The molecular weight excluding hydrogens is 639 g/mol. The van der Waals surface area contributed by atoms with Crippen LogP contribution in [-0.4, -0.2) is 15.0 Å². The van der Waals surface area contributed by atoms with Gasteiger partial charge in [0, 0.05) is 43.6 Å². The topological polar surface area (TPSA) is 65.0 Å². The molecule has 8 aromatic carbocycles. The quantitative estimate of drug-likeness (QED) is 0.187. The van der Waals surface area contributed by atoms with Crippen LogP contribution < -0.4 is 0 Å². The van der Waals surface area contributed by atoms with Crippen molar-refractivity contribution in [3.05, 3.63) is 164 Å². The Morgan fingerprint density at radius 1 is 0.327 bits per heavy atom. The standard InChI is InChI=1S/C47H27N3O2/c1-2-13-29(14-3-1)32-19-10-23-41-42(32)38-27-37(33-16-6-7-17-34(33)44(38)52-41)47-49-45(31-25-24-28-12-4-5-15-30(28)26-31)48-46(50-47)36-20-11-22-40-43(36)35-18-8-9-21-39(35)51-40/h1-27H. The van der Waals surface area contributed by atoms with Crippen molar-refractivity contribution in [2.45, 2.75) is 0 Å². The van der Waals surface area contributed by atoms with E-state index in [4.69, 9.17) is 23.8 Å². The number of furan rings is 2. The molecule has 52 heavy (non-hydrogen) atoms. The zero-order valence-corrected chi connectivity index (χ0v) is 27.7. The highest BCUT2D eigenvalue weighted by molar-refractivity contribution is 6.22. The van der Waals surface area contributed by atoms with Gasteiger partial charge in [-0.2, -0.15) is 0 Å². The van der Waals surface area contributed by atoms with Gasteiger partial charge in [0.1, 0.15) is 22.3 Å². The molecular formula is C47H27N3O2. The molecule has 0 radical (unpaired) electrons. The Morgan fingerprint density at radius 3 is 1.79 bits per heavy atom. The summed E-state index contributed by atoms with van der Waals surface area (Å²) in [5.74, 6) is 1.76. The molecule has 0 N–H and O–H groups in total. The third-order valence-corrected chi connectivity index (χ3v) is 10.1.